The van der Waals surface area contributed by atoms with Gasteiger partial charge < -0.3 is 15.6 Å². The summed E-state index contributed by atoms with van der Waals surface area (Å²) in [4.78, 5) is 46.2. The lowest BCUT2D eigenvalue weighted by atomic mass is 10.1. The molecule has 0 aliphatic heterocycles. The Morgan fingerprint density at radius 2 is 1.94 bits per heavy atom. The van der Waals surface area contributed by atoms with Gasteiger partial charge >= 0.3 is 0 Å². The average Bonchev–Trinajstić information content (AvgIpc) is 3.05. The van der Waals surface area contributed by atoms with Crippen molar-refractivity contribution in [2.45, 2.75) is 37.8 Å². The lowest BCUT2D eigenvalue weighted by Gasteiger charge is -2.20. The van der Waals surface area contributed by atoms with E-state index in [0.717, 1.165) is 22.6 Å². The van der Waals surface area contributed by atoms with E-state index in [1.54, 1.807) is 6.92 Å². The Hall–Kier alpha value is -2.79. The molecule has 7 nitrogen and oxygen atoms in total. The van der Waals surface area contributed by atoms with Crippen LogP contribution in [0.5, 0.6) is 0 Å². The normalized spacial score (nSPS) is 13.1. The van der Waals surface area contributed by atoms with E-state index in [4.69, 9.17) is 0 Å². The molecule has 3 N–H and O–H groups in total. The van der Waals surface area contributed by atoms with E-state index in [1.165, 1.54) is 36.2 Å². The van der Waals surface area contributed by atoms with Crippen molar-refractivity contribution in [3.05, 3.63) is 62.0 Å². The largest absolute Gasteiger partial charge is 0.357 e. The van der Waals surface area contributed by atoms with E-state index in [2.05, 4.69) is 20.6 Å². The molecule has 0 fully saturated rings. The van der Waals surface area contributed by atoms with Crippen molar-refractivity contribution in [1.82, 2.24) is 20.6 Å². The summed E-state index contributed by atoms with van der Waals surface area (Å²) in [6.45, 7) is 5.45. The van der Waals surface area contributed by atoms with Crippen LogP contribution in [0.25, 0.3) is 10.2 Å². The molecular formula is C21H22F2N4O3S2. The van der Waals surface area contributed by atoms with Crippen molar-refractivity contribution in [2.24, 2.45) is 0 Å². The van der Waals surface area contributed by atoms with Gasteiger partial charge in [-0.05, 0) is 44.0 Å². The van der Waals surface area contributed by atoms with Crippen LogP contribution in [-0.4, -0.2) is 34.1 Å². The van der Waals surface area contributed by atoms with E-state index in [-0.39, 0.29) is 16.9 Å². The summed E-state index contributed by atoms with van der Waals surface area (Å²) in [5, 5.41) is 4.94. The molecule has 0 aliphatic rings. The van der Waals surface area contributed by atoms with Gasteiger partial charge in [-0.2, -0.15) is 0 Å². The van der Waals surface area contributed by atoms with Crippen molar-refractivity contribution in [1.29, 1.82) is 0 Å². The monoisotopic (exact) mass is 480 g/mol. The van der Waals surface area contributed by atoms with Crippen molar-refractivity contribution in [3.63, 3.8) is 0 Å². The molecule has 2 amide bonds. The molecular weight excluding hydrogens is 458 g/mol. The number of halogens is 2. The average molecular weight is 481 g/mol. The minimum Gasteiger partial charge on any atom is -0.357 e. The molecule has 0 bridgehead atoms. The van der Waals surface area contributed by atoms with Gasteiger partial charge in [0.15, 0.2) is 11.6 Å². The Balaban J connectivity index is 1.71. The van der Waals surface area contributed by atoms with E-state index < -0.39 is 34.7 Å². The lowest BCUT2D eigenvalue weighted by molar-refractivity contribution is -0.128. The van der Waals surface area contributed by atoms with Gasteiger partial charge in [-0.15, -0.1) is 23.1 Å². The number of H-pyrrole nitrogens is 1. The maximum absolute atomic E-state index is 13.6. The number of amides is 2. The zero-order valence-corrected chi connectivity index (χ0v) is 19.5. The third-order valence-electron chi connectivity index (χ3n) is 5.00. The third-order valence-corrected chi connectivity index (χ3v) is 7.25. The van der Waals surface area contributed by atoms with Crippen molar-refractivity contribution >= 4 is 45.1 Å². The van der Waals surface area contributed by atoms with E-state index >= 15 is 0 Å². The number of thioether (sulfide) groups is 1. The molecule has 2 atom stereocenters. The molecule has 32 heavy (non-hydrogen) atoms. The highest BCUT2D eigenvalue weighted by atomic mass is 32.2. The summed E-state index contributed by atoms with van der Waals surface area (Å²) in [7, 11) is 1.38. The number of benzene rings is 1. The number of nitrogens with zero attached hydrogens (tertiary/aromatic N) is 1. The topological polar surface area (TPSA) is 104 Å². The van der Waals surface area contributed by atoms with Gasteiger partial charge in [-0.3, -0.25) is 14.4 Å². The number of aryl methyl sites for hydroxylation is 2. The number of hydrogen-bond donors (Lipinski definition) is 3. The number of aromatic amines is 1. The number of carbonyl (C=O) groups is 2. The fourth-order valence-corrected chi connectivity index (χ4v) is 4.86. The van der Waals surface area contributed by atoms with Crippen LogP contribution in [0.15, 0.2) is 23.0 Å². The molecule has 0 radical (unpaired) electrons. The number of aromatic nitrogens is 2. The van der Waals surface area contributed by atoms with Gasteiger partial charge in [0.2, 0.25) is 11.8 Å². The number of nitrogens with one attached hydrogen (secondary N) is 3. The fourth-order valence-electron chi connectivity index (χ4n) is 3.04. The van der Waals surface area contributed by atoms with Gasteiger partial charge in [-0.25, -0.2) is 13.8 Å². The summed E-state index contributed by atoms with van der Waals surface area (Å²) in [6, 6.07) is 1.84. The molecule has 0 spiro atoms. The fraction of sp³-hybridized carbons (Fsp3) is 0.333. The van der Waals surface area contributed by atoms with Crippen LogP contribution in [0.1, 0.15) is 34.8 Å². The van der Waals surface area contributed by atoms with Gasteiger partial charge in [0, 0.05) is 11.9 Å². The van der Waals surface area contributed by atoms with Crippen molar-refractivity contribution in [2.75, 3.05) is 7.05 Å². The first-order valence-corrected chi connectivity index (χ1v) is 11.6. The van der Waals surface area contributed by atoms with Crippen LogP contribution < -0.4 is 16.2 Å². The molecule has 3 aromatic rings. The predicted molar refractivity (Wildman–Crippen MR) is 122 cm³/mol. The molecule has 170 valence electrons. The molecule has 0 aliphatic carbocycles. The van der Waals surface area contributed by atoms with Crippen molar-refractivity contribution in [3.8, 4) is 0 Å². The summed E-state index contributed by atoms with van der Waals surface area (Å²) in [5.74, 6) is -2.49. The van der Waals surface area contributed by atoms with E-state index in [1.807, 2.05) is 13.8 Å². The lowest BCUT2D eigenvalue weighted by Crippen LogP contribution is -2.42. The van der Waals surface area contributed by atoms with Gasteiger partial charge in [0.05, 0.1) is 16.4 Å². The minimum atomic E-state index is -1.18. The van der Waals surface area contributed by atoms with Crippen LogP contribution in [-0.2, 0) is 15.3 Å². The number of rotatable bonds is 7. The quantitative estimate of drug-likeness (QED) is 0.482. The van der Waals surface area contributed by atoms with E-state index in [9.17, 15) is 23.2 Å². The summed E-state index contributed by atoms with van der Waals surface area (Å²) in [6.07, 6.45) is 0. The highest BCUT2D eigenvalue weighted by Gasteiger charge is 2.26. The Kier molecular flexibility index (Phi) is 7.29. The number of hydrogen-bond acceptors (Lipinski definition) is 6. The van der Waals surface area contributed by atoms with Crippen molar-refractivity contribution < 1.29 is 18.4 Å². The zero-order valence-electron chi connectivity index (χ0n) is 17.8. The summed E-state index contributed by atoms with van der Waals surface area (Å²) < 4.78 is 26.9. The first kappa shape index (κ1) is 23.9. The van der Waals surface area contributed by atoms with Crippen LogP contribution >= 0.6 is 23.1 Å². The Labute approximate surface area is 191 Å². The first-order valence-electron chi connectivity index (χ1n) is 9.69. The second-order valence-electron chi connectivity index (χ2n) is 7.16. The van der Waals surface area contributed by atoms with E-state index in [0.29, 0.717) is 16.0 Å². The highest BCUT2D eigenvalue weighted by Crippen LogP contribution is 2.27. The Morgan fingerprint density at radius 3 is 2.59 bits per heavy atom. The summed E-state index contributed by atoms with van der Waals surface area (Å²) >= 11 is 2.66. The van der Waals surface area contributed by atoms with Crippen LogP contribution in [0, 0.1) is 25.5 Å². The Bertz CT molecular complexity index is 1240. The maximum atomic E-state index is 13.6. The molecule has 11 heteroatoms. The van der Waals surface area contributed by atoms with Gasteiger partial charge in [-0.1, -0.05) is 6.07 Å². The molecule has 2 unspecified atom stereocenters. The maximum Gasteiger partial charge on any atom is 0.259 e. The minimum absolute atomic E-state index is 0.119. The second-order valence-corrected chi connectivity index (χ2v) is 9.69. The molecule has 2 aromatic heterocycles. The second kappa shape index (κ2) is 9.78. The zero-order chi connectivity index (χ0) is 23.6. The molecule has 0 saturated carbocycles. The van der Waals surface area contributed by atoms with Crippen LogP contribution in [0.2, 0.25) is 0 Å². The van der Waals surface area contributed by atoms with Crippen LogP contribution in [0.3, 0.4) is 0 Å². The molecule has 2 heterocycles. The Morgan fingerprint density at radius 1 is 1.22 bits per heavy atom. The highest BCUT2D eigenvalue weighted by molar-refractivity contribution is 7.99. The first-order chi connectivity index (χ1) is 15.1. The number of likely N-dealkylation sites (N-methyl/N-ethyl adjacent to an activating group) is 1. The standard InChI is InChI=1S/C21H22F2N4O3S2/c1-9-10(2)32-21-16(9)19(29)25-15(26-21)8-31-11(3)18(28)27-17(20(30)24-4)12-5-6-13(22)14(23)7-12/h5-7,11,17H,8H2,1-4H3,(H,24,30)(H,27,28)(H,25,26,29). The molecule has 1 aromatic carbocycles. The summed E-state index contributed by atoms with van der Waals surface area (Å²) in [5.41, 5.74) is 0.805. The SMILES string of the molecule is CNC(=O)C(NC(=O)C(C)SCc1nc2sc(C)c(C)c2c(=O)[nH]1)c1ccc(F)c(F)c1. The smallest absolute Gasteiger partial charge is 0.259 e. The number of thiophene rings is 1. The number of carbonyl (C=O) groups excluding carboxylic acids is 2. The van der Waals surface area contributed by atoms with Gasteiger partial charge in [0.25, 0.3) is 5.56 Å². The third kappa shape index (κ3) is 4.99. The number of fused-ring (bicyclic) bond motifs is 1. The molecule has 0 saturated heterocycles. The van der Waals surface area contributed by atoms with Crippen LogP contribution in [0.4, 0.5) is 8.78 Å². The molecule has 3 rings (SSSR count). The predicted octanol–water partition coefficient (Wildman–Crippen LogP) is 3.10. The van der Waals surface area contributed by atoms with Gasteiger partial charge in [0.1, 0.15) is 16.7 Å².